The summed E-state index contributed by atoms with van der Waals surface area (Å²) in [5, 5.41) is 5.13. The van der Waals surface area contributed by atoms with Crippen molar-refractivity contribution >= 4 is 40.3 Å². The molecule has 0 aliphatic carbocycles. The van der Waals surface area contributed by atoms with Gasteiger partial charge in [0.1, 0.15) is 17.9 Å². The van der Waals surface area contributed by atoms with E-state index in [0.29, 0.717) is 5.56 Å². The normalized spacial score (nSPS) is 12.7. The number of nitrogens with two attached hydrogens (primary N) is 1. The molecule has 0 saturated carbocycles. The summed E-state index contributed by atoms with van der Waals surface area (Å²) in [5.74, 6) is -2.09. The number of hydrogen-bond acceptors (Lipinski definition) is 3. The zero-order valence-electron chi connectivity index (χ0n) is 15.2. The molecular weight excluding hydrogens is 476 g/mol. The lowest BCUT2D eigenvalue weighted by molar-refractivity contribution is -0.130. The molecule has 3 amide bonds. The van der Waals surface area contributed by atoms with E-state index in [-0.39, 0.29) is 12.8 Å². The van der Waals surface area contributed by atoms with Gasteiger partial charge in [-0.05, 0) is 58.0 Å². The van der Waals surface area contributed by atoms with Crippen molar-refractivity contribution in [3.8, 4) is 0 Å². The molecule has 0 radical (unpaired) electrons. The van der Waals surface area contributed by atoms with Crippen LogP contribution in [0.4, 0.5) is 4.39 Å². The Balaban J connectivity index is 2.12. The Morgan fingerprint density at radius 2 is 1.64 bits per heavy atom. The molecule has 0 aliphatic rings. The molecule has 2 aromatic carbocycles. The van der Waals surface area contributed by atoms with Gasteiger partial charge in [0, 0.05) is 23.3 Å². The Hall–Kier alpha value is -2.49. The van der Waals surface area contributed by atoms with E-state index in [1.54, 1.807) is 6.07 Å². The summed E-state index contributed by atoms with van der Waals surface area (Å²) in [4.78, 5) is 36.0. The van der Waals surface area contributed by atoms with Crippen molar-refractivity contribution in [2.75, 3.05) is 0 Å². The molecule has 28 heavy (non-hydrogen) atoms. The van der Waals surface area contributed by atoms with E-state index >= 15 is 0 Å². The van der Waals surface area contributed by atoms with Gasteiger partial charge >= 0.3 is 0 Å². The third-order valence-corrected chi connectivity index (χ3v) is 4.76. The molecule has 0 aliphatic heterocycles. The molecule has 0 bridgehead atoms. The van der Waals surface area contributed by atoms with Crippen LogP contribution in [0.3, 0.4) is 0 Å². The van der Waals surface area contributed by atoms with E-state index in [9.17, 15) is 18.8 Å². The van der Waals surface area contributed by atoms with Crippen molar-refractivity contribution in [3.63, 3.8) is 0 Å². The summed E-state index contributed by atoms with van der Waals surface area (Å²) in [7, 11) is 0. The third-order valence-electron chi connectivity index (χ3n) is 4.04. The van der Waals surface area contributed by atoms with E-state index in [0.717, 1.165) is 9.13 Å². The van der Waals surface area contributed by atoms with E-state index in [2.05, 4.69) is 33.2 Å². The fraction of sp³-hybridized carbons (Fsp3) is 0.250. The standard InChI is InChI=1S/C20H21FIN3O3/c1-12(26)24-18(11-14-3-2-4-15(21)9-14)20(28)25-17(19(23)27)10-13-5-7-16(22)8-6-13/h2-9,17-18H,10-11H2,1H3,(H2,23,27)(H,24,26)(H,25,28)/t17-,18+/m1/s1. The molecule has 2 rings (SSSR count). The number of hydrogen-bond donors (Lipinski definition) is 3. The SMILES string of the molecule is CC(=O)N[C@@H](Cc1cccc(F)c1)C(=O)N[C@H](Cc1ccc(I)cc1)C(N)=O. The summed E-state index contributed by atoms with van der Waals surface area (Å²) in [6, 6.07) is 11.3. The number of benzene rings is 2. The van der Waals surface area contributed by atoms with Crippen LogP contribution in [-0.4, -0.2) is 29.8 Å². The van der Waals surface area contributed by atoms with E-state index in [1.165, 1.54) is 25.1 Å². The molecule has 0 spiro atoms. The smallest absolute Gasteiger partial charge is 0.243 e. The zero-order valence-corrected chi connectivity index (χ0v) is 17.4. The van der Waals surface area contributed by atoms with Gasteiger partial charge in [-0.3, -0.25) is 14.4 Å². The van der Waals surface area contributed by atoms with Gasteiger partial charge < -0.3 is 16.4 Å². The highest BCUT2D eigenvalue weighted by Gasteiger charge is 2.25. The average molecular weight is 497 g/mol. The van der Waals surface area contributed by atoms with Crippen LogP contribution in [0.25, 0.3) is 0 Å². The molecule has 0 unspecified atom stereocenters. The molecule has 4 N–H and O–H groups in total. The number of rotatable bonds is 8. The molecule has 6 nitrogen and oxygen atoms in total. The highest BCUT2D eigenvalue weighted by atomic mass is 127. The first-order chi connectivity index (χ1) is 13.2. The van der Waals surface area contributed by atoms with Crippen LogP contribution >= 0.6 is 22.6 Å². The Bertz CT molecular complexity index is 858. The van der Waals surface area contributed by atoms with Crippen LogP contribution in [0.2, 0.25) is 0 Å². The Morgan fingerprint density at radius 3 is 2.21 bits per heavy atom. The second-order valence-corrected chi connectivity index (χ2v) is 7.63. The highest BCUT2D eigenvalue weighted by Crippen LogP contribution is 2.10. The largest absolute Gasteiger partial charge is 0.368 e. The van der Waals surface area contributed by atoms with Gasteiger partial charge in [0.2, 0.25) is 17.7 Å². The van der Waals surface area contributed by atoms with Crippen molar-refractivity contribution in [1.29, 1.82) is 0 Å². The maximum atomic E-state index is 13.4. The topological polar surface area (TPSA) is 101 Å². The molecule has 2 aromatic rings. The lowest BCUT2D eigenvalue weighted by atomic mass is 10.0. The van der Waals surface area contributed by atoms with Gasteiger partial charge in [-0.2, -0.15) is 0 Å². The zero-order chi connectivity index (χ0) is 20.7. The Kier molecular flexibility index (Phi) is 7.91. The highest BCUT2D eigenvalue weighted by molar-refractivity contribution is 14.1. The molecule has 0 saturated heterocycles. The molecule has 148 valence electrons. The predicted molar refractivity (Wildman–Crippen MR) is 112 cm³/mol. The van der Waals surface area contributed by atoms with Crippen LogP contribution in [0.1, 0.15) is 18.1 Å². The monoisotopic (exact) mass is 497 g/mol. The summed E-state index contributed by atoms with van der Waals surface area (Å²) >= 11 is 2.17. The van der Waals surface area contributed by atoms with Crippen molar-refractivity contribution in [3.05, 3.63) is 69.0 Å². The van der Waals surface area contributed by atoms with Crippen molar-refractivity contribution < 1.29 is 18.8 Å². The number of carbonyl (C=O) groups is 3. The minimum atomic E-state index is -0.960. The molecular formula is C20H21FIN3O3. The summed E-state index contributed by atoms with van der Waals surface area (Å²) in [6.45, 7) is 1.28. The maximum absolute atomic E-state index is 13.4. The van der Waals surface area contributed by atoms with E-state index in [4.69, 9.17) is 5.73 Å². The van der Waals surface area contributed by atoms with E-state index < -0.39 is 35.6 Å². The Morgan fingerprint density at radius 1 is 1.00 bits per heavy atom. The van der Waals surface area contributed by atoms with Crippen LogP contribution in [0, 0.1) is 9.39 Å². The van der Waals surface area contributed by atoms with Gasteiger partial charge in [0.05, 0.1) is 0 Å². The van der Waals surface area contributed by atoms with E-state index in [1.807, 2.05) is 24.3 Å². The fourth-order valence-corrected chi connectivity index (χ4v) is 3.07. The van der Waals surface area contributed by atoms with Crippen LogP contribution < -0.4 is 16.4 Å². The summed E-state index contributed by atoms with van der Waals surface area (Å²) < 4.78 is 14.5. The fourth-order valence-electron chi connectivity index (χ4n) is 2.71. The summed E-state index contributed by atoms with van der Waals surface area (Å²) in [6.07, 6.45) is 0.308. The molecule has 0 heterocycles. The van der Waals surface area contributed by atoms with Gasteiger partial charge in [0.25, 0.3) is 0 Å². The second kappa shape index (κ2) is 10.2. The molecule has 0 aromatic heterocycles. The van der Waals surface area contributed by atoms with Crippen molar-refractivity contribution in [1.82, 2.24) is 10.6 Å². The maximum Gasteiger partial charge on any atom is 0.243 e. The summed E-state index contributed by atoms with van der Waals surface area (Å²) in [5.41, 5.74) is 6.83. The van der Waals surface area contributed by atoms with Gasteiger partial charge in [-0.25, -0.2) is 4.39 Å². The first-order valence-electron chi connectivity index (χ1n) is 8.60. The van der Waals surface area contributed by atoms with Crippen LogP contribution in [0.15, 0.2) is 48.5 Å². The molecule has 8 heteroatoms. The third kappa shape index (κ3) is 6.91. The predicted octanol–water partition coefficient (Wildman–Crippen LogP) is 1.69. The van der Waals surface area contributed by atoms with Crippen molar-refractivity contribution in [2.24, 2.45) is 5.73 Å². The number of amides is 3. The lowest BCUT2D eigenvalue weighted by Gasteiger charge is -2.22. The Labute approximate surface area is 176 Å². The molecule has 0 fully saturated rings. The molecule has 2 atom stereocenters. The number of halogens is 2. The van der Waals surface area contributed by atoms with Crippen LogP contribution in [-0.2, 0) is 27.2 Å². The van der Waals surface area contributed by atoms with Crippen molar-refractivity contribution in [2.45, 2.75) is 31.8 Å². The van der Waals surface area contributed by atoms with Gasteiger partial charge in [-0.15, -0.1) is 0 Å². The number of nitrogens with one attached hydrogen (secondary N) is 2. The van der Waals surface area contributed by atoms with Gasteiger partial charge in [0.15, 0.2) is 0 Å². The quantitative estimate of drug-likeness (QED) is 0.484. The minimum Gasteiger partial charge on any atom is -0.368 e. The van der Waals surface area contributed by atoms with Crippen LogP contribution in [0.5, 0.6) is 0 Å². The minimum absolute atomic E-state index is 0.0815. The first-order valence-corrected chi connectivity index (χ1v) is 9.68. The number of primary amides is 1. The number of carbonyl (C=O) groups excluding carboxylic acids is 3. The first kappa shape index (κ1) is 21.8. The lowest BCUT2D eigenvalue weighted by Crippen LogP contribution is -2.54. The van der Waals surface area contributed by atoms with Gasteiger partial charge in [-0.1, -0.05) is 24.3 Å². The average Bonchev–Trinajstić information content (AvgIpc) is 2.62. The second-order valence-electron chi connectivity index (χ2n) is 6.38.